The van der Waals surface area contributed by atoms with Crippen LogP contribution in [0.5, 0.6) is 0 Å². The van der Waals surface area contributed by atoms with Gasteiger partial charge in [0.1, 0.15) is 4.90 Å². The molecule has 0 bridgehead atoms. The fourth-order valence-corrected chi connectivity index (χ4v) is 4.02. The first-order chi connectivity index (χ1) is 9.82. The lowest BCUT2D eigenvalue weighted by Crippen LogP contribution is -2.33. The van der Waals surface area contributed by atoms with E-state index in [1.54, 1.807) is 10.9 Å². The Hall–Kier alpha value is -0.920. The summed E-state index contributed by atoms with van der Waals surface area (Å²) in [6, 6.07) is 0.0371. The molecule has 7 heteroatoms. The zero-order chi connectivity index (χ0) is 15.5. The van der Waals surface area contributed by atoms with Crippen molar-refractivity contribution in [2.45, 2.75) is 57.5 Å². The lowest BCUT2D eigenvalue weighted by atomic mass is 9.92. The van der Waals surface area contributed by atoms with Crippen molar-refractivity contribution < 1.29 is 8.42 Å². The molecule has 0 saturated heterocycles. The largest absolute Gasteiger partial charge is 0.315 e. The van der Waals surface area contributed by atoms with Crippen LogP contribution < -0.4 is 10.0 Å². The van der Waals surface area contributed by atoms with Crippen LogP contribution >= 0.6 is 0 Å². The maximum Gasteiger partial charge on any atom is 0.243 e. The van der Waals surface area contributed by atoms with Gasteiger partial charge in [-0.1, -0.05) is 20.8 Å². The minimum absolute atomic E-state index is 0.0371. The molecule has 21 heavy (non-hydrogen) atoms. The Morgan fingerprint density at radius 1 is 1.48 bits per heavy atom. The maximum atomic E-state index is 12.4. The normalized spacial score (nSPS) is 21.8. The summed E-state index contributed by atoms with van der Waals surface area (Å²) in [5.41, 5.74) is 0.225. The smallest absolute Gasteiger partial charge is 0.243 e. The van der Waals surface area contributed by atoms with Gasteiger partial charge in [-0.15, -0.1) is 0 Å². The summed E-state index contributed by atoms with van der Waals surface area (Å²) in [5, 5.41) is 7.30. The summed E-state index contributed by atoms with van der Waals surface area (Å²) >= 11 is 0. The third-order valence-corrected chi connectivity index (χ3v) is 5.45. The Kier molecular flexibility index (Phi) is 5.06. The van der Waals surface area contributed by atoms with Crippen molar-refractivity contribution in [1.82, 2.24) is 19.8 Å². The van der Waals surface area contributed by atoms with Crippen LogP contribution in [0, 0.1) is 5.41 Å². The van der Waals surface area contributed by atoms with Crippen LogP contribution in [0.15, 0.2) is 17.3 Å². The van der Waals surface area contributed by atoms with E-state index in [0.717, 1.165) is 32.4 Å². The molecule has 0 aliphatic heterocycles. The van der Waals surface area contributed by atoms with Crippen LogP contribution in [-0.4, -0.2) is 37.3 Å². The molecular weight excluding hydrogens is 288 g/mol. The summed E-state index contributed by atoms with van der Waals surface area (Å²) in [6.07, 6.45) is 5.87. The fourth-order valence-electron chi connectivity index (χ4n) is 2.80. The SMILES string of the molecule is CCNCCn1cc(S(=O)(=O)NC2CCC(C)(C)C2)cn1. The predicted molar refractivity (Wildman–Crippen MR) is 82.5 cm³/mol. The van der Waals surface area contributed by atoms with Gasteiger partial charge in [0, 0.05) is 18.8 Å². The Morgan fingerprint density at radius 3 is 2.86 bits per heavy atom. The topological polar surface area (TPSA) is 76.0 Å². The van der Waals surface area contributed by atoms with Gasteiger partial charge in [0.05, 0.1) is 12.7 Å². The number of hydrogen-bond donors (Lipinski definition) is 2. The minimum atomic E-state index is -3.46. The minimum Gasteiger partial charge on any atom is -0.315 e. The zero-order valence-electron chi connectivity index (χ0n) is 13.1. The first kappa shape index (κ1) is 16.5. The van der Waals surface area contributed by atoms with Gasteiger partial charge in [-0.3, -0.25) is 4.68 Å². The van der Waals surface area contributed by atoms with E-state index < -0.39 is 10.0 Å². The van der Waals surface area contributed by atoms with Crippen LogP contribution in [0.25, 0.3) is 0 Å². The van der Waals surface area contributed by atoms with Crippen molar-refractivity contribution in [1.29, 1.82) is 0 Å². The Balaban J connectivity index is 1.96. The second kappa shape index (κ2) is 6.46. The Bertz CT molecular complexity index is 565. The first-order valence-electron chi connectivity index (χ1n) is 7.58. The van der Waals surface area contributed by atoms with E-state index in [-0.39, 0.29) is 16.4 Å². The average molecular weight is 314 g/mol. The molecule has 0 aromatic carbocycles. The fraction of sp³-hybridized carbons (Fsp3) is 0.786. The Morgan fingerprint density at radius 2 is 2.24 bits per heavy atom. The molecule has 0 radical (unpaired) electrons. The summed E-state index contributed by atoms with van der Waals surface area (Å²) in [4.78, 5) is 0.253. The van der Waals surface area contributed by atoms with Crippen molar-refractivity contribution in [3.63, 3.8) is 0 Å². The van der Waals surface area contributed by atoms with Crippen LogP contribution in [0.4, 0.5) is 0 Å². The highest BCUT2D eigenvalue weighted by molar-refractivity contribution is 7.89. The van der Waals surface area contributed by atoms with Crippen molar-refractivity contribution in [2.75, 3.05) is 13.1 Å². The third-order valence-electron chi connectivity index (χ3n) is 3.98. The molecule has 1 heterocycles. The predicted octanol–water partition coefficient (Wildman–Crippen LogP) is 1.35. The summed E-state index contributed by atoms with van der Waals surface area (Å²) < 4.78 is 29.2. The van der Waals surface area contributed by atoms with Gasteiger partial charge in [0.25, 0.3) is 0 Å². The maximum absolute atomic E-state index is 12.4. The van der Waals surface area contributed by atoms with E-state index in [9.17, 15) is 8.42 Å². The molecule has 6 nitrogen and oxygen atoms in total. The van der Waals surface area contributed by atoms with Crippen LogP contribution in [-0.2, 0) is 16.6 Å². The molecule has 2 N–H and O–H groups in total. The Labute approximate surface area is 127 Å². The molecule has 0 amide bonds. The van der Waals surface area contributed by atoms with Crippen LogP contribution in [0.2, 0.25) is 0 Å². The van der Waals surface area contributed by atoms with Crippen molar-refractivity contribution >= 4 is 10.0 Å². The lowest BCUT2D eigenvalue weighted by Gasteiger charge is -2.17. The highest BCUT2D eigenvalue weighted by Gasteiger charge is 2.33. The van der Waals surface area contributed by atoms with E-state index in [0.29, 0.717) is 6.54 Å². The number of hydrogen-bond acceptors (Lipinski definition) is 4. The van der Waals surface area contributed by atoms with Crippen molar-refractivity contribution in [3.8, 4) is 0 Å². The molecule has 1 atom stereocenters. The molecule has 1 fully saturated rings. The van der Waals surface area contributed by atoms with E-state index in [1.165, 1.54) is 6.20 Å². The molecule has 1 aliphatic carbocycles. The molecular formula is C14H26N4O2S. The molecule has 1 aromatic rings. The van der Waals surface area contributed by atoms with E-state index in [4.69, 9.17) is 0 Å². The van der Waals surface area contributed by atoms with Crippen LogP contribution in [0.1, 0.15) is 40.0 Å². The molecule has 1 aromatic heterocycles. The standard InChI is InChI=1S/C14H26N4O2S/c1-4-15-7-8-18-11-13(10-16-18)21(19,20)17-12-5-6-14(2,3)9-12/h10-12,15,17H,4-9H2,1-3H3. The van der Waals surface area contributed by atoms with Gasteiger partial charge in [-0.2, -0.15) is 5.10 Å². The number of nitrogens with one attached hydrogen (secondary N) is 2. The highest BCUT2D eigenvalue weighted by Crippen LogP contribution is 2.37. The van der Waals surface area contributed by atoms with Crippen molar-refractivity contribution in [2.24, 2.45) is 5.41 Å². The molecule has 1 aliphatic rings. The quantitative estimate of drug-likeness (QED) is 0.745. The number of sulfonamides is 1. The first-order valence-corrected chi connectivity index (χ1v) is 9.06. The van der Waals surface area contributed by atoms with Crippen molar-refractivity contribution in [3.05, 3.63) is 12.4 Å². The molecule has 1 saturated carbocycles. The lowest BCUT2D eigenvalue weighted by molar-refractivity contribution is 0.372. The number of likely N-dealkylation sites (N-methyl/N-ethyl adjacent to an activating group) is 1. The molecule has 0 spiro atoms. The van der Waals surface area contributed by atoms with Crippen LogP contribution in [0.3, 0.4) is 0 Å². The zero-order valence-corrected chi connectivity index (χ0v) is 13.9. The van der Waals surface area contributed by atoms with Gasteiger partial charge in [0.2, 0.25) is 10.0 Å². The monoisotopic (exact) mass is 314 g/mol. The van der Waals surface area contributed by atoms with Gasteiger partial charge in [-0.25, -0.2) is 13.1 Å². The van der Waals surface area contributed by atoms with Gasteiger partial charge >= 0.3 is 0 Å². The molecule has 120 valence electrons. The van der Waals surface area contributed by atoms with Gasteiger partial charge in [-0.05, 0) is 31.2 Å². The van der Waals surface area contributed by atoms with E-state index in [2.05, 4.69) is 29.0 Å². The van der Waals surface area contributed by atoms with Gasteiger partial charge < -0.3 is 5.32 Å². The van der Waals surface area contributed by atoms with E-state index >= 15 is 0 Å². The summed E-state index contributed by atoms with van der Waals surface area (Å²) in [6.45, 7) is 8.74. The summed E-state index contributed by atoms with van der Waals surface area (Å²) in [7, 11) is -3.46. The van der Waals surface area contributed by atoms with Gasteiger partial charge in [0.15, 0.2) is 0 Å². The third kappa shape index (κ3) is 4.52. The average Bonchev–Trinajstić information content (AvgIpc) is 2.97. The number of aromatic nitrogens is 2. The molecule has 2 rings (SSSR count). The number of nitrogens with zero attached hydrogens (tertiary/aromatic N) is 2. The van der Waals surface area contributed by atoms with E-state index in [1.807, 2.05) is 6.92 Å². The number of rotatable bonds is 7. The summed E-state index contributed by atoms with van der Waals surface area (Å²) in [5.74, 6) is 0. The highest BCUT2D eigenvalue weighted by atomic mass is 32.2. The molecule has 1 unspecified atom stereocenters. The second-order valence-electron chi connectivity index (χ2n) is 6.52. The second-order valence-corrected chi connectivity index (χ2v) is 8.23.